The number of hydrogen-bond acceptors (Lipinski definition) is 6. The number of hydrogen-bond donors (Lipinski definition) is 3. The zero-order valence-corrected chi connectivity index (χ0v) is 16.5. The highest BCUT2D eigenvalue weighted by Gasteiger charge is 2.25. The van der Waals surface area contributed by atoms with Gasteiger partial charge in [0, 0.05) is 41.8 Å². The molecular formula is C19H22ClN7O. The molecule has 0 bridgehead atoms. The molecule has 0 spiro atoms. The summed E-state index contributed by atoms with van der Waals surface area (Å²) in [4.78, 5) is 23.8. The molecule has 1 aliphatic rings. The summed E-state index contributed by atoms with van der Waals surface area (Å²) in [5.74, 6) is 1.06. The molecule has 1 unspecified atom stereocenters. The molecule has 0 saturated carbocycles. The van der Waals surface area contributed by atoms with E-state index in [1.54, 1.807) is 30.1 Å². The Balaban J connectivity index is 1.72. The normalized spacial score (nSPS) is 16.9. The van der Waals surface area contributed by atoms with Crippen LogP contribution in [-0.2, 0) is 0 Å². The molecule has 9 heteroatoms. The molecule has 146 valence electrons. The quantitative estimate of drug-likeness (QED) is 0.624. The van der Waals surface area contributed by atoms with Crippen LogP contribution in [0.4, 0.5) is 11.6 Å². The highest BCUT2D eigenvalue weighted by molar-refractivity contribution is 6.31. The van der Waals surface area contributed by atoms with Crippen LogP contribution in [0.2, 0.25) is 5.02 Å². The van der Waals surface area contributed by atoms with Gasteiger partial charge < -0.3 is 15.5 Å². The summed E-state index contributed by atoms with van der Waals surface area (Å²) in [6, 6.07) is 7.32. The van der Waals surface area contributed by atoms with Gasteiger partial charge in [-0.05, 0) is 44.5 Å². The van der Waals surface area contributed by atoms with Crippen molar-refractivity contribution in [1.82, 2.24) is 30.4 Å². The van der Waals surface area contributed by atoms with E-state index in [9.17, 15) is 4.79 Å². The predicted octanol–water partition coefficient (Wildman–Crippen LogP) is 2.88. The summed E-state index contributed by atoms with van der Waals surface area (Å²) in [5, 5.41) is 14.9. The number of likely N-dealkylation sites (N-methyl/N-ethyl adjacent to an activating group) is 1. The number of halogens is 1. The first kappa shape index (κ1) is 18.6. The second-order valence-corrected chi connectivity index (χ2v) is 7.47. The molecule has 3 aromatic rings. The molecule has 1 aromatic carbocycles. The van der Waals surface area contributed by atoms with E-state index in [4.69, 9.17) is 11.6 Å². The fourth-order valence-corrected chi connectivity index (χ4v) is 3.55. The summed E-state index contributed by atoms with van der Waals surface area (Å²) in [7, 11) is 1.81. The Bertz CT molecular complexity index is 1010. The lowest BCUT2D eigenvalue weighted by molar-refractivity contribution is 0.0696. The minimum absolute atomic E-state index is 0.135. The van der Waals surface area contributed by atoms with Crippen LogP contribution in [-0.4, -0.2) is 57.2 Å². The first-order valence-corrected chi connectivity index (χ1v) is 9.63. The maximum absolute atomic E-state index is 13.1. The Hall–Kier alpha value is -2.71. The van der Waals surface area contributed by atoms with Gasteiger partial charge in [-0.1, -0.05) is 11.6 Å². The second-order valence-electron chi connectivity index (χ2n) is 7.03. The second kappa shape index (κ2) is 7.73. The summed E-state index contributed by atoms with van der Waals surface area (Å²) < 4.78 is 0. The molecule has 1 fully saturated rings. The molecule has 0 aliphatic carbocycles. The van der Waals surface area contributed by atoms with E-state index in [0.717, 1.165) is 37.0 Å². The van der Waals surface area contributed by atoms with Crippen LogP contribution in [0.5, 0.6) is 0 Å². The van der Waals surface area contributed by atoms with Gasteiger partial charge in [-0.25, -0.2) is 9.97 Å². The number of piperidine rings is 1. The number of fused-ring (bicyclic) bond motifs is 1. The minimum Gasteiger partial charge on any atom is -0.335 e. The standard InChI is InChI=1S/C19H22ClN7O/c1-11-8-16(26-25-11)23-17-14-9-12(20)5-6-15(14)22-18(24-17)19(28)27(2)13-4-3-7-21-10-13/h5-6,8-9,13,21H,3-4,7,10H2,1-2H3,(H2,22,23,24,25,26). The van der Waals surface area contributed by atoms with Crippen molar-refractivity contribution in [3.63, 3.8) is 0 Å². The molecule has 4 rings (SSSR count). The number of nitrogens with zero attached hydrogens (tertiary/aromatic N) is 4. The molecule has 3 N–H and O–H groups in total. The molecular weight excluding hydrogens is 378 g/mol. The fraction of sp³-hybridized carbons (Fsp3) is 0.368. The van der Waals surface area contributed by atoms with E-state index in [1.165, 1.54) is 0 Å². The topological polar surface area (TPSA) is 98.8 Å². The van der Waals surface area contributed by atoms with Crippen LogP contribution in [0.25, 0.3) is 10.9 Å². The summed E-state index contributed by atoms with van der Waals surface area (Å²) >= 11 is 6.16. The van der Waals surface area contributed by atoms with E-state index >= 15 is 0 Å². The van der Waals surface area contributed by atoms with E-state index in [1.807, 2.05) is 13.0 Å². The Kier molecular flexibility index (Phi) is 5.15. The van der Waals surface area contributed by atoms with Crippen molar-refractivity contribution >= 4 is 40.0 Å². The van der Waals surface area contributed by atoms with Gasteiger partial charge >= 0.3 is 0 Å². The lowest BCUT2D eigenvalue weighted by atomic mass is 10.1. The molecule has 2 aromatic heterocycles. The first-order valence-electron chi connectivity index (χ1n) is 9.25. The highest BCUT2D eigenvalue weighted by Crippen LogP contribution is 2.27. The Morgan fingerprint density at radius 2 is 2.18 bits per heavy atom. The number of amides is 1. The van der Waals surface area contributed by atoms with Gasteiger partial charge in [-0.15, -0.1) is 0 Å². The highest BCUT2D eigenvalue weighted by atomic mass is 35.5. The molecule has 0 radical (unpaired) electrons. The maximum Gasteiger partial charge on any atom is 0.291 e. The number of H-pyrrole nitrogens is 1. The summed E-state index contributed by atoms with van der Waals surface area (Å²) in [6.45, 7) is 3.68. The number of aromatic nitrogens is 4. The van der Waals surface area contributed by atoms with Crippen molar-refractivity contribution < 1.29 is 4.79 Å². The number of anilines is 2. The number of rotatable bonds is 4. The lowest BCUT2D eigenvalue weighted by Crippen LogP contribution is -2.47. The summed E-state index contributed by atoms with van der Waals surface area (Å²) in [5.41, 5.74) is 1.56. The van der Waals surface area contributed by atoms with Crippen molar-refractivity contribution in [3.05, 3.63) is 40.8 Å². The van der Waals surface area contributed by atoms with Crippen molar-refractivity contribution in [3.8, 4) is 0 Å². The third-order valence-electron chi connectivity index (χ3n) is 4.94. The number of benzene rings is 1. The smallest absolute Gasteiger partial charge is 0.291 e. The molecule has 1 atom stereocenters. The van der Waals surface area contributed by atoms with Crippen LogP contribution in [0.3, 0.4) is 0 Å². The van der Waals surface area contributed by atoms with Crippen LogP contribution < -0.4 is 10.6 Å². The zero-order valence-electron chi connectivity index (χ0n) is 15.8. The molecule has 8 nitrogen and oxygen atoms in total. The molecule has 1 aliphatic heterocycles. The average molecular weight is 400 g/mol. The third-order valence-corrected chi connectivity index (χ3v) is 5.18. The van der Waals surface area contributed by atoms with Crippen LogP contribution in [0, 0.1) is 6.92 Å². The minimum atomic E-state index is -0.202. The van der Waals surface area contributed by atoms with Crippen LogP contribution in [0.1, 0.15) is 29.2 Å². The van der Waals surface area contributed by atoms with Gasteiger partial charge in [-0.2, -0.15) is 5.10 Å². The molecule has 1 amide bonds. The fourth-order valence-electron chi connectivity index (χ4n) is 3.38. The van der Waals surface area contributed by atoms with Gasteiger partial charge in [0.25, 0.3) is 5.91 Å². The van der Waals surface area contributed by atoms with Gasteiger partial charge in [0.15, 0.2) is 5.82 Å². The maximum atomic E-state index is 13.1. The first-order chi connectivity index (χ1) is 13.5. The van der Waals surface area contributed by atoms with Crippen molar-refractivity contribution in [2.75, 3.05) is 25.5 Å². The molecule has 28 heavy (non-hydrogen) atoms. The van der Waals surface area contributed by atoms with Gasteiger partial charge in [-0.3, -0.25) is 9.89 Å². The van der Waals surface area contributed by atoms with Crippen LogP contribution in [0.15, 0.2) is 24.3 Å². The zero-order chi connectivity index (χ0) is 19.7. The number of aromatic amines is 1. The van der Waals surface area contributed by atoms with Crippen LogP contribution >= 0.6 is 11.6 Å². The van der Waals surface area contributed by atoms with Crippen molar-refractivity contribution in [1.29, 1.82) is 0 Å². The monoisotopic (exact) mass is 399 g/mol. The van der Waals surface area contributed by atoms with Gasteiger partial charge in [0.1, 0.15) is 5.82 Å². The molecule has 3 heterocycles. The summed E-state index contributed by atoms with van der Waals surface area (Å²) in [6.07, 6.45) is 2.01. The number of carbonyl (C=O) groups excluding carboxylic acids is 1. The van der Waals surface area contributed by atoms with Gasteiger partial charge in [0.2, 0.25) is 5.82 Å². The third kappa shape index (κ3) is 3.79. The number of aryl methyl sites for hydroxylation is 1. The van der Waals surface area contributed by atoms with E-state index in [0.29, 0.717) is 22.2 Å². The van der Waals surface area contributed by atoms with E-state index in [2.05, 4.69) is 30.8 Å². The van der Waals surface area contributed by atoms with E-state index < -0.39 is 0 Å². The number of carbonyl (C=O) groups is 1. The number of nitrogens with one attached hydrogen (secondary N) is 3. The SMILES string of the molecule is Cc1cc(Nc2nc(C(=O)N(C)C3CCCNC3)nc3ccc(Cl)cc23)n[nH]1. The van der Waals surface area contributed by atoms with Crippen molar-refractivity contribution in [2.24, 2.45) is 0 Å². The Labute approximate surface area is 167 Å². The largest absolute Gasteiger partial charge is 0.335 e. The van der Waals surface area contributed by atoms with Crippen molar-refractivity contribution in [2.45, 2.75) is 25.8 Å². The average Bonchev–Trinajstić information content (AvgIpc) is 3.12. The predicted molar refractivity (Wildman–Crippen MR) is 109 cm³/mol. The van der Waals surface area contributed by atoms with E-state index in [-0.39, 0.29) is 17.8 Å². The lowest BCUT2D eigenvalue weighted by Gasteiger charge is -2.31. The molecule has 1 saturated heterocycles. The Morgan fingerprint density at radius 1 is 1.32 bits per heavy atom. The Morgan fingerprint density at radius 3 is 2.89 bits per heavy atom. The van der Waals surface area contributed by atoms with Gasteiger partial charge in [0.05, 0.1) is 5.52 Å².